The number of hydrogen-bond acceptors (Lipinski definition) is 5. The largest absolute Gasteiger partial charge is 0.282 e. The molecule has 1 aromatic rings. The molecule has 1 saturated heterocycles. The predicted molar refractivity (Wildman–Crippen MR) is 71.1 cm³/mol. The molecular formula is C13H15N5O3. The van der Waals surface area contributed by atoms with Crippen LogP contribution in [-0.2, 0) is 14.4 Å². The quantitative estimate of drug-likeness (QED) is 0.605. The Balaban J connectivity index is 1.57. The molecule has 0 bridgehead atoms. The monoisotopic (exact) mass is 289 g/mol. The van der Waals surface area contributed by atoms with Crippen molar-refractivity contribution in [3.05, 3.63) is 24.8 Å². The van der Waals surface area contributed by atoms with Crippen LogP contribution in [0.15, 0.2) is 24.8 Å². The van der Waals surface area contributed by atoms with Gasteiger partial charge in [-0.15, -0.1) is 10.2 Å². The molecule has 0 saturated carbocycles. The van der Waals surface area contributed by atoms with Crippen LogP contribution in [0, 0.1) is 11.8 Å². The summed E-state index contributed by atoms with van der Waals surface area (Å²) in [6.07, 6.45) is 7.86. The van der Waals surface area contributed by atoms with E-state index >= 15 is 0 Å². The zero-order valence-corrected chi connectivity index (χ0v) is 11.3. The first-order valence-corrected chi connectivity index (χ1v) is 6.81. The molecule has 0 aromatic carbocycles. The smallest absolute Gasteiger partial charge is 0.240 e. The molecule has 21 heavy (non-hydrogen) atoms. The molecule has 8 nitrogen and oxygen atoms in total. The lowest BCUT2D eigenvalue weighted by Crippen LogP contribution is -2.35. The number of carbonyl (C=O) groups excluding carboxylic acids is 3. The number of aromatic nitrogens is 3. The number of nitrogens with one attached hydrogen (secondary N) is 1. The summed E-state index contributed by atoms with van der Waals surface area (Å²) < 4.78 is 1.32. The van der Waals surface area contributed by atoms with E-state index in [4.69, 9.17) is 0 Å². The van der Waals surface area contributed by atoms with Gasteiger partial charge in [0.15, 0.2) is 0 Å². The van der Waals surface area contributed by atoms with Gasteiger partial charge in [0.2, 0.25) is 17.7 Å². The lowest BCUT2D eigenvalue weighted by Gasteiger charge is -2.14. The molecule has 3 amide bonds. The molecule has 2 heterocycles. The van der Waals surface area contributed by atoms with Crippen molar-refractivity contribution in [2.24, 2.45) is 11.8 Å². The topological polar surface area (TPSA) is 97.2 Å². The van der Waals surface area contributed by atoms with Gasteiger partial charge in [-0.1, -0.05) is 12.2 Å². The minimum atomic E-state index is -0.302. The van der Waals surface area contributed by atoms with Crippen molar-refractivity contribution in [1.82, 2.24) is 19.8 Å². The van der Waals surface area contributed by atoms with Crippen molar-refractivity contribution in [1.29, 1.82) is 0 Å². The molecule has 1 fully saturated rings. The third-order valence-electron chi connectivity index (χ3n) is 3.83. The van der Waals surface area contributed by atoms with E-state index in [9.17, 15) is 14.4 Å². The summed E-state index contributed by atoms with van der Waals surface area (Å²) in [5, 5.41) is 7.12. The Bertz CT molecular complexity index is 569. The van der Waals surface area contributed by atoms with Gasteiger partial charge in [0.25, 0.3) is 0 Å². The van der Waals surface area contributed by atoms with Crippen molar-refractivity contribution in [2.45, 2.75) is 19.3 Å². The third kappa shape index (κ3) is 2.56. The number of allylic oxidation sites excluding steroid dienone is 2. The zero-order chi connectivity index (χ0) is 14.8. The van der Waals surface area contributed by atoms with Crippen molar-refractivity contribution >= 4 is 17.7 Å². The van der Waals surface area contributed by atoms with Crippen molar-refractivity contribution in [2.75, 3.05) is 12.0 Å². The van der Waals surface area contributed by atoms with E-state index in [0.29, 0.717) is 12.8 Å². The van der Waals surface area contributed by atoms with Gasteiger partial charge in [0, 0.05) is 13.0 Å². The summed E-state index contributed by atoms with van der Waals surface area (Å²) in [7, 11) is 0. The lowest BCUT2D eigenvalue weighted by atomic mass is 9.85. The lowest BCUT2D eigenvalue weighted by molar-refractivity contribution is -0.140. The Kier molecular flexibility index (Phi) is 3.51. The van der Waals surface area contributed by atoms with Crippen LogP contribution in [0.5, 0.6) is 0 Å². The van der Waals surface area contributed by atoms with Gasteiger partial charge in [-0.05, 0) is 12.8 Å². The highest BCUT2D eigenvalue weighted by molar-refractivity contribution is 6.05. The molecule has 0 unspecified atom stereocenters. The van der Waals surface area contributed by atoms with Crippen LogP contribution in [0.2, 0.25) is 0 Å². The maximum atomic E-state index is 12.2. The minimum absolute atomic E-state index is 0.0581. The molecule has 1 N–H and O–H groups in total. The highest BCUT2D eigenvalue weighted by atomic mass is 16.2. The number of nitrogens with zero attached hydrogens (tertiary/aromatic N) is 4. The van der Waals surface area contributed by atoms with E-state index < -0.39 is 0 Å². The van der Waals surface area contributed by atoms with Gasteiger partial charge < -0.3 is 0 Å². The Morgan fingerprint density at radius 3 is 2.29 bits per heavy atom. The van der Waals surface area contributed by atoms with E-state index in [1.165, 1.54) is 22.2 Å². The molecule has 2 atom stereocenters. The van der Waals surface area contributed by atoms with Gasteiger partial charge in [-0.25, -0.2) is 4.68 Å². The second-order valence-corrected chi connectivity index (χ2v) is 5.14. The first-order valence-electron chi connectivity index (χ1n) is 6.81. The van der Waals surface area contributed by atoms with Crippen molar-refractivity contribution in [3.8, 4) is 0 Å². The summed E-state index contributed by atoms with van der Waals surface area (Å²) in [5.41, 5.74) is 2.53. The number of amides is 3. The molecule has 0 radical (unpaired) electrons. The fraction of sp³-hybridized carbons (Fsp3) is 0.462. The molecule has 1 aromatic heterocycles. The van der Waals surface area contributed by atoms with Gasteiger partial charge in [0.1, 0.15) is 12.7 Å². The summed E-state index contributed by atoms with van der Waals surface area (Å²) in [6.45, 7) is 0.110. The average Bonchev–Trinajstić information content (AvgIpc) is 3.07. The van der Waals surface area contributed by atoms with Crippen LogP contribution in [0.25, 0.3) is 0 Å². The Morgan fingerprint density at radius 2 is 1.71 bits per heavy atom. The SMILES string of the molecule is O=C(CCN1C(=O)[C@@H]2CC=CC[C@H]2C1=O)Nn1cnnc1. The highest BCUT2D eigenvalue weighted by Gasteiger charge is 2.46. The molecule has 1 aliphatic heterocycles. The Hall–Kier alpha value is -2.51. The second-order valence-electron chi connectivity index (χ2n) is 5.14. The minimum Gasteiger partial charge on any atom is -0.282 e. The van der Waals surface area contributed by atoms with Crippen LogP contribution in [-0.4, -0.2) is 44.0 Å². The Labute approximate surface area is 120 Å². The molecule has 110 valence electrons. The fourth-order valence-corrected chi connectivity index (χ4v) is 2.76. The van der Waals surface area contributed by atoms with Gasteiger partial charge >= 0.3 is 0 Å². The molecule has 2 aliphatic rings. The summed E-state index contributed by atoms with van der Waals surface area (Å²) in [6, 6.07) is 0. The molecule has 0 spiro atoms. The molecular weight excluding hydrogens is 274 g/mol. The first-order chi connectivity index (χ1) is 10.2. The van der Waals surface area contributed by atoms with Gasteiger partial charge in [-0.2, -0.15) is 0 Å². The maximum Gasteiger partial charge on any atom is 0.240 e. The molecule has 3 rings (SSSR count). The van der Waals surface area contributed by atoms with Crippen molar-refractivity contribution in [3.63, 3.8) is 0 Å². The summed E-state index contributed by atoms with van der Waals surface area (Å²) in [5.74, 6) is -1.12. The van der Waals surface area contributed by atoms with Crippen LogP contribution >= 0.6 is 0 Å². The van der Waals surface area contributed by atoms with Crippen LogP contribution in [0.3, 0.4) is 0 Å². The second kappa shape index (κ2) is 5.47. The fourth-order valence-electron chi connectivity index (χ4n) is 2.76. The zero-order valence-electron chi connectivity index (χ0n) is 11.3. The van der Waals surface area contributed by atoms with E-state index in [-0.39, 0.29) is 42.5 Å². The van der Waals surface area contributed by atoms with E-state index in [1.807, 2.05) is 12.2 Å². The van der Waals surface area contributed by atoms with Crippen LogP contribution < -0.4 is 5.43 Å². The molecule has 8 heteroatoms. The van der Waals surface area contributed by atoms with Crippen LogP contribution in [0.4, 0.5) is 0 Å². The number of fused-ring (bicyclic) bond motifs is 1. The average molecular weight is 289 g/mol. The van der Waals surface area contributed by atoms with E-state index in [1.54, 1.807) is 0 Å². The Morgan fingerprint density at radius 1 is 1.14 bits per heavy atom. The first kappa shape index (κ1) is 13.5. The predicted octanol–water partition coefficient (Wildman–Crippen LogP) is -0.311. The van der Waals surface area contributed by atoms with Crippen molar-refractivity contribution < 1.29 is 14.4 Å². The highest BCUT2D eigenvalue weighted by Crippen LogP contribution is 2.34. The summed E-state index contributed by atoms with van der Waals surface area (Å²) in [4.78, 5) is 37.4. The number of likely N-dealkylation sites (tertiary alicyclic amines) is 1. The standard InChI is InChI=1S/C13H15N5O3/c19-11(16-17-7-14-15-8-17)5-6-18-12(20)9-3-1-2-4-10(9)13(18)21/h1-2,7-10H,3-6H2,(H,16,19)/t9-,10-/m1/s1. The maximum absolute atomic E-state index is 12.2. The van der Waals surface area contributed by atoms with E-state index in [0.717, 1.165) is 0 Å². The number of hydrogen-bond donors (Lipinski definition) is 1. The van der Waals surface area contributed by atoms with E-state index in [2.05, 4.69) is 15.6 Å². The van der Waals surface area contributed by atoms with Crippen LogP contribution in [0.1, 0.15) is 19.3 Å². The number of rotatable bonds is 4. The number of imide groups is 1. The summed E-state index contributed by atoms with van der Waals surface area (Å²) >= 11 is 0. The number of carbonyl (C=O) groups is 3. The van der Waals surface area contributed by atoms with Gasteiger partial charge in [0.05, 0.1) is 11.8 Å². The molecule has 1 aliphatic carbocycles. The third-order valence-corrected chi connectivity index (χ3v) is 3.83. The normalized spacial score (nSPS) is 24.3. The van der Waals surface area contributed by atoms with Gasteiger partial charge in [-0.3, -0.25) is 24.7 Å².